The Morgan fingerprint density at radius 1 is 1.10 bits per heavy atom. The Morgan fingerprint density at radius 2 is 1.86 bits per heavy atom. The van der Waals surface area contributed by atoms with E-state index in [0.29, 0.717) is 24.1 Å². The Kier molecular flexibility index (Phi) is 7.11. The van der Waals surface area contributed by atoms with E-state index in [0.717, 1.165) is 17.7 Å². The first kappa shape index (κ1) is 21.1. The molecule has 154 valence electrons. The minimum absolute atomic E-state index is 0.00530. The van der Waals surface area contributed by atoms with Crippen LogP contribution >= 0.6 is 11.6 Å². The van der Waals surface area contributed by atoms with Crippen LogP contribution in [0.5, 0.6) is 0 Å². The number of hydrogen-bond acceptors (Lipinski definition) is 7. The number of aliphatic hydroxyl groups is 1. The second-order valence-corrected chi connectivity index (χ2v) is 7.88. The van der Waals surface area contributed by atoms with Crippen molar-refractivity contribution in [1.29, 1.82) is 0 Å². The van der Waals surface area contributed by atoms with Gasteiger partial charge in [0.05, 0.1) is 30.7 Å². The van der Waals surface area contributed by atoms with Crippen molar-refractivity contribution in [3.8, 4) is 5.69 Å². The Morgan fingerprint density at radius 3 is 2.48 bits per heavy atom. The third-order valence-electron chi connectivity index (χ3n) is 4.60. The van der Waals surface area contributed by atoms with Gasteiger partial charge in [-0.25, -0.2) is 9.67 Å². The number of halogens is 1. The molecule has 0 aliphatic heterocycles. The van der Waals surface area contributed by atoms with E-state index < -0.39 is 0 Å². The van der Waals surface area contributed by atoms with Gasteiger partial charge in [0.1, 0.15) is 5.82 Å². The lowest BCUT2D eigenvalue weighted by atomic mass is 9.97. The van der Waals surface area contributed by atoms with Gasteiger partial charge in [0.15, 0.2) is 0 Å². The summed E-state index contributed by atoms with van der Waals surface area (Å²) in [5.74, 6) is 1.64. The molecule has 9 heteroatoms. The zero-order valence-electron chi connectivity index (χ0n) is 16.8. The maximum atomic E-state index is 9.58. The van der Waals surface area contributed by atoms with Crippen LogP contribution in [0.15, 0.2) is 36.7 Å². The lowest BCUT2D eigenvalue weighted by molar-refractivity contribution is 0.259. The molecule has 3 aromatic rings. The number of nitrogens with one attached hydrogen (secondary N) is 1. The minimum Gasteiger partial charge on any atom is -0.394 e. The molecule has 2 heterocycles. The second kappa shape index (κ2) is 9.76. The number of nitrogens with zero attached hydrogens (tertiary/aromatic N) is 6. The van der Waals surface area contributed by atoms with Crippen molar-refractivity contribution in [2.45, 2.75) is 45.6 Å². The maximum absolute atomic E-state index is 9.58. The summed E-state index contributed by atoms with van der Waals surface area (Å²) >= 11 is 6.11. The van der Waals surface area contributed by atoms with Gasteiger partial charge < -0.3 is 10.4 Å². The summed E-state index contributed by atoms with van der Waals surface area (Å²) in [6.07, 6.45) is 4.88. The third-order valence-corrected chi connectivity index (χ3v) is 4.77. The van der Waals surface area contributed by atoms with E-state index >= 15 is 0 Å². The second-order valence-electron chi connectivity index (χ2n) is 7.54. The Balaban J connectivity index is 1.69. The molecule has 0 saturated carbocycles. The van der Waals surface area contributed by atoms with E-state index in [1.807, 2.05) is 12.1 Å². The van der Waals surface area contributed by atoms with Crippen molar-refractivity contribution in [2.24, 2.45) is 5.92 Å². The summed E-state index contributed by atoms with van der Waals surface area (Å²) in [4.78, 5) is 12.9. The maximum Gasteiger partial charge on any atom is 0.227 e. The fourth-order valence-corrected chi connectivity index (χ4v) is 3.35. The number of benzene rings is 1. The molecule has 3 rings (SSSR count). The molecule has 1 aromatic carbocycles. The standard InChI is InChI=1S/C20H26ClN7O/c1-13(2)10-16(12-29)23-20-25-18(24-19(21)26-20)11-14(3)15-4-6-17(7-5-15)28-9-8-22-27-28/h4-9,13-14,16,29H,10-12H2,1-3H3,(H,23,24,25,26)/t14?,16-/m1/s1. The monoisotopic (exact) mass is 415 g/mol. The Bertz CT molecular complexity index is 900. The molecule has 0 fully saturated rings. The van der Waals surface area contributed by atoms with Crippen molar-refractivity contribution in [1.82, 2.24) is 29.9 Å². The van der Waals surface area contributed by atoms with Crippen molar-refractivity contribution in [2.75, 3.05) is 11.9 Å². The van der Waals surface area contributed by atoms with Gasteiger partial charge in [-0.15, -0.1) is 5.10 Å². The van der Waals surface area contributed by atoms with Crippen LogP contribution in [0.25, 0.3) is 5.69 Å². The summed E-state index contributed by atoms with van der Waals surface area (Å²) in [6.45, 7) is 6.33. The highest BCUT2D eigenvalue weighted by atomic mass is 35.5. The highest BCUT2D eigenvalue weighted by molar-refractivity contribution is 6.28. The smallest absolute Gasteiger partial charge is 0.227 e. The number of aromatic nitrogens is 6. The van der Waals surface area contributed by atoms with Crippen LogP contribution in [-0.4, -0.2) is 47.7 Å². The highest BCUT2D eigenvalue weighted by Gasteiger charge is 2.15. The van der Waals surface area contributed by atoms with E-state index in [4.69, 9.17) is 11.6 Å². The number of rotatable bonds is 9. The van der Waals surface area contributed by atoms with Crippen LogP contribution in [0.2, 0.25) is 5.28 Å². The first-order valence-corrected chi connectivity index (χ1v) is 10.1. The van der Waals surface area contributed by atoms with E-state index in [2.05, 4.69) is 63.5 Å². The quantitative estimate of drug-likeness (QED) is 0.552. The molecule has 2 N–H and O–H groups in total. The number of anilines is 1. The molecule has 2 atom stereocenters. The molecule has 0 saturated heterocycles. The fourth-order valence-electron chi connectivity index (χ4n) is 3.17. The highest BCUT2D eigenvalue weighted by Crippen LogP contribution is 2.21. The third kappa shape index (κ3) is 5.95. The van der Waals surface area contributed by atoms with Gasteiger partial charge in [-0.3, -0.25) is 0 Å². The van der Waals surface area contributed by atoms with Gasteiger partial charge in [0.2, 0.25) is 11.2 Å². The minimum atomic E-state index is -0.122. The SMILES string of the molecule is CC(C)C[C@H](CO)Nc1nc(Cl)nc(CC(C)c2ccc(-n3ccnn3)cc2)n1. The molecule has 0 aliphatic carbocycles. The predicted octanol–water partition coefficient (Wildman–Crippen LogP) is 3.27. The molecule has 0 aliphatic rings. The van der Waals surface area contributed by atoms with Gasteiger partial charge >= 0.3 is 0 Å². The first-order valence-electron chi connectivity index (χ1n) is 9.69. The largest absolute Gasteiger partial charge is 0.394 e. The summed E-state index contributed by atoms with van der Waals surface area (Å²) < 4.78 is 1.72. The van der Waals surface area contributed by atoms with Crippen LogP contribution in [0, 0.1) is 5.92 Å². The van der Waals surface area contributed by atoms with Crippen LogP contribution in [0.3, 0.4) is 0 Å². The van der Waals surface area contributed by atoms with Gasteiger partial charge in [-0.05, 0) is 47.6 Å². The zero-order chi connectivity index (χ0) is 20.8. The molecule has 0 bridgehead atoms. The van der Waals surface area contributed by atoms with Gasteiger partial charge in [0, 0.05) is 6.42 Å². The van der Waals surface area contributed by atoms with Crippen LogP contribution < -0.4 is 5.32 Å². The van der Waals surface area contributed by atoms with Crippen LogP contribution in [-0.2, 0) is 6.42 Å². The van der Waals surface area contributed by atoms with Crippen molar-refractivity contribution in [3.63, 3.8) is 0 Å². The molecule has 29 heavy (non-hydrogen) atoms. The lowest BCUT2D eigenvalue weighted by Gasteiger charge is -2.18. The predicted molar refractivity (Wildman–Crippen MR) is 112 cm³/mol. The molecular weight excluding hydrogens is 390 g/mol. The molecule has 8 nitrogen and oxygen atoms in total. The van der Waals surface area contributed by atoms with E-state index in [9.17, 15) is 5.11 Å². The zero-order valence-corrected chi connectivity index (χ0v) is 17.6. The summed E-state index contributed by atoms with van der Waals surface area (Å²) in [6, 6.07) is 8.02. The molecule has 2 aromatic heterocycles. The van der Waals surface area contributed by atoms with Crippen molar-refractivity contribution >= 4 is 17.5 Å². The normalized spacial score (nSPS) is 13.4. The van der Waals surface area contributed by atoms with Gasteiger partial charge in [-0.1, -0.05) is 38.1 Å². The lowest BCUT2D eigenvalue weighted by Crippen LogP contribution is -2.27. The molecule has 0 radical (unpaired) electrons. The Hall–Kier alpha value is -2.58. The summed E-state index contributed by atoms with van der Waals surface area (Å²) in [5, 5.41) is 20.7. The van der Waals surface area contributed by atoms with Crippen LogP contribution in [0.1, 0.15) is 44.5 Å². The van der Waals surface area contributed by atoms with E-state index in [-0.39, 0.29) is 23.9 Å². The average Bonchev–Trinajstić information content (AvgIpc) is 3.21. The average molecular weight is 416 g/mol. The molecule has 0 amide bonds. The summed E-state index contributed by atoms with van der Waals surface area (Å²) in [5.41, 5.74) is 2.11. The fraction of sp³-hybridized carbons (Fsp3) is 0.450. The summed E-state index contributed by atoms with van der Waals surface area (Å²) in [7, 11) is 0. The van der Waals surface area contributed by atoms with Crippen molar-refractivity contribution < 1.29 is 5.11 Å². The van der Waals surface area contributed by atoms with Crippen LogP contribution in [0.4, 0.5) is 5.95 Å². The van der Waals surface area contributed by atoms with E-state index in [1.54, 1.807) is 17.1 Å². The first-order chi connectivity index (χ1) is 13.9. The van der Waals surface area contributed by atoms with Gasteiger partial charge in [0.25, 0.3) is 0 Å². The van der Waals surface area contributed by atoms with E-state index in [1.165, 1.54) is 0 Å². The van der Waals surface area contributed by atoms with Gasteiger partial charge in [-0.2, -0.15) is 9.97 Å². The topological polar surface area (TPSA) is 102 Å². The Labute approximate surface area is 175 Å². The molecule has 1 unspecified atom stereocenters. The van der Waals surface area contributed by atoms with Crippen molar-refractivity contribution in [3.05, 3.63) is 53.3 Å². The molecule has 0 spiro atoms. The molecular formula is C20H26ClN7O. The number of hydrogen-bond donors (Lipinski definition) is 2. The number of aliphatic hydroxyl groups excluding tert-OH is 1.